The normalized spacial score (nSPS) is 11.1. The zero-order valence-electron chi connectivity index (χ0n) is 13.4. The third-order valence-electron chi connectivity index (χ3n) is 3.46. The van der Waals surface area contributed by atoms with Crippen molar-refractivity contribution in [3.05, 3.63) is 59.7 Å². The lowest BCUT2D eigenvalue weighted by atomic mass is 10.1. The molecule has 0 unspecified atom stereocenters. The van der Waals surface area contributed by atoms with E-state index in [0.717, 1.165) is 17.4 Å². The Morgan fingerprint density at radius 3 is 2.35 bits per heavy atom. The number of rotatable bonds is 5. The lowest BCUT2D eigenvalue weighted by Crippen LogP contribution is -2.24. The SMILES string of the molecule is Cc1cccc(CC(=O)Nc2ccc(N(C)S(C)(=O)=O)cc2)c1. The Bertz CT molecular complexity index is 799. The molecule has 2 aromatic rings. The van der Waals surface area contributed by atoms with Gasteiger partial charge in [-0.25, -0.2) is 8.42 Å². The van der Waals surface area contributed by atoms with Gasteiger partial charge < -0.3 is 5.32 Å². The maximum absolute atomic E-state index is 12.1. The minimum atomic E-state index is -3.29. The van der Waals surface area contributed by atoms with Crippen LogP contribution in [0.5, 0.6) is 0 Å². The fourth-order valence-corrected chi connectivity index (χ4v) is 2.66. The van der Waals surface area contributed by atoms with Crippen molar-refractivity contribution in [2.75, 3.05) is 22.9 Å². The van der Waals surface area contributed by atoms with E-state index < -0.39 is 10.0 Å². The summed E-state index contributed by atoms with van der Waals surface area (Å²) in [5.41, 5.74) is 3.25. The largest absolute Gasteiger partial charge is 0.326 e. The molecule has 2 aromatic carbocycles. The molecule has 0 saturated heterocycles. The van der Waals surface area contributed by atoms with E-state index in [4.69, 9.17) is 0 Å². The van der Waals surface area contributed by atoms with Gasteiger partial charge in [0.15, 0.2) is 0 Å². The zero-order valence-corrected chi connectivity index (χ0v) is 14.2. The molecule has 23 heavy (non-hydrogen) atoms. The number of carbonyl (C=O) groups excluding carboxylic acids is 1. The summed E-state index contributed by atoms with van der Waals surface area (Å²) >= 11 is 0. The minimum absolute atomic E-state index is 0.111. The van der Waals surface area contributed by atoms with Crippen molar-refractivity contribution in [2.24, 2.45) is 0 Å². The first kappa shape index (κ1) is 17.0. The molecule has 0 radical (unpaired) electrons. The van der Waals surface area contributed by atoms with Gasteiger partial charge in [-0.1, -0.05) is 29.8 Å². The summed E-state index contributed by atoms with van der Waals surface area (Å²) in [5, 5.41) is 2.81. The molecule has 0 fully saturated rings. The van der Waals surface area contributed by atoms with E-state index in [1.807, 2.05) is 31.2 Å². The fourth-order valence-electron chi connectivity index (χ4n) is 2.16. The van der Waals surface area contributed by atoms with Crippen LogP contribution in [0.4, 0.5) is 11.4 Å². The Morgan fingerprint density at radius 1 is 1.13 bits per heavy atom. The highest BCUT2D eigenvalue weighted by atomic mass is 32.2. The van der Waals surface area contributed by atoms with Crippen LogP contribution >= 0.6 is 0 Å². The standard InChI is InChI=1S/C17H20N2O3S/c1-13-5-4-6-14(11-13)12-17(20)18-15-7-9-16(10-8-15)19(2)23(3,21)22/h4-11H,12H2,1-3H3,(H,18,20). The molecule has 0 atom stereocenters. The number of benzene rings is 2. The van der Waals surface area contributed by atoms with Crippen molar-refractivity contribution in [3.8, 4) is 0 Å². The summed E-state index contributed by atoms with van der Waals surface area (Å²) in [4.78, 5) is 12.1. The second-order valence-electron chi connectivity index (χ2n) is 5.49. The smallest absolute Gasteiger partial charge is 0.231 e. The first-order valence-electron chi connectivity index (χ1n) is 7.15. The van der Waals surface area contributed by atoms with E-state index in [9.17, 15) is 13.2 Å². The highest BCUT2D eigenvalue weighted by molar-refractivity contribution is 7.92. The van der Waals surface area contributed by atoms with Crippen LogP contribution in [0.3, 0.4) is 0 Å². The maximum Gasteiger partial charge on any atom is 0.231 e. The van der Waals surface area contributed by atoms with Crippen LogP contribution in [-0.4, -0.2) is 27.6 Å². The summed E-state index contributed by atoms with van der Waals surface area (Å²) in [7, 11) is -1.80. The average molecular weight is 332 g/mol. The molecular formula is C17H20N2O3S. The highest BCUT2D eigenvalue weighted by Gasteiger charge is 2.11. The van der Waals surface area contributed by atoms with Crippen molar-refractivity contribution in [1.82, 2.24) is 0 Å². The number of anilines is 2. The van der Waals surface area contributed by atoms with Gasteiger partial charge in [0.1, 0.15) is 0 Å². The summed E-state index contributed by atoms with van der Waals surface area (Å²) in [5.74, 6) is -0.111. The van der Waals surface area contributed by atoms with Gasteiger partial charge in [-0.15, -0.1) is 0 Å². The van der Waals surface area contributed by atoms with Crippen LogP contribution in [-0.2, 0) is 21.2 Å². The Morgan fingerprint density at radius 2 is 1.78 bits per heavy atom. The Hall–Kier alpha value is -2.34. The zero-order chi connectivity index (χ0) is 17.0. The number of hydrogen-bond donors (Lipinski definition) is 1. The third-order valence-corrected chi connectivity index (χ3v) is 4.67. The van der Waals surface area contributed by atoms with Gasteiger partial charge in [-0.05, 0) is 36.8 Å². The maximum atomic E-state index is 12.1. The van der Waals surface area contributed by atoms with Gasteiger partial charge in [-0.3, -0.25) is 9.10 Å². The summed E-state index contributed by atoms with van der Waals surface area (Å²) in [6, 6.07) is 14.5. The number of amides is 1. The highest BCUT2D eigenvalue weighted by Crippen LogP contribution is 2.19. The van der Waals surface area contributed by atoms with Crippen LogP contribution in [0.1, 0.15) is 11.1 Å². The molecule has 0 aliphatic rings. The molecule has 0 heterocycles. The van der Waals surface area contributed by atoms with Gasteiger partial charge in [0.05, 0.1) is 18.4 Å². The molecule has 0 aliphatic heterocycles. The lowest BCUT2D eigenvalue weighted by molar-refractivity contribution is -0.115. The predicted octanol–water partition coefficient (Wildman–Crippen LogP) is 2.57. The summed E-state index contributed by atoms with van der Waals surface area (Å²) in [6.45, 7) is 1.98. The van der Waals surface area contributed by atoms with E-state index in [2.05, 4.69) is 5.32 Å². The molecule has 0 bridgehead atoms. The number of carbonyl (C=O) groups is 1. The van der Waals surface area contributed by atoms with Gasteiger partial charge in [0, 0.05) is 12.7 Å². The molecule has 1 N–H and O–H groups in total. The van der Waals surface area contributed by atoms with Crippen molar-refractivity contribution >= 4 is 27.3 Å². The van der Waals surface area contributed by atoms with E-state index in [-0.39, 0.29) is 5.91 Å². The van der Waals surface area contributed by atoms with Crippen LogP contribution in [0, 0.1) is 6.92 Å². The fraction of sp³-hybridized carbons (Fsp3) is 0.235. The molecule has 5 nitrogen and oxygen atoms in total. The van der Waals surface area contributed by atoms with Crippen molar-refractivity contribution in [3.63, 3.8) is 0 Å². The first-order valence-corrected chi connectivity index (χ1v) is 9.00. The number of sulfonamides is 1. The molecular weight excluding hydrogens is 312 g/mol. The van der Waals surface area contributed by atoms with E-state index >= 15 is 0 Å². The number of nitrogens with one attached hydrogen (secondary N) is 1. The molecule has 122 valence electrons. The van der Waals surface area contributed by atoms with E-state index in [1.54, 1.807) is 24.3 Å². The van der Waals surface area contributed by atoms with Gasteiger partial charge in [0.25, 0.3) is 0 Å². The third kappa shape index (κ3) is 4.82. The van der Waals surface area contributed by atoms with Gasteiger partial charge in [0.2, 0.25) is 15.9 Å². The molecule has 6 heteroatoms. The monoisotopic (exact) mass is 332 g/mol. The van der Waals surface area contributed by atoms with Crippen LogP contribution < -0.4 is 9.62 Å². The molecule has 0 saturated carbocycles. The van der Waals surface area contributed by atoms with E-state index in [1.165, 1.54) is 11.4 Å². The van der Waals surface area contributed by atoms with Crippen molar-refractivity contribution in [1.29, 1.82) is 0 Å². The second kappa shape index (κ2) is 6.83. The lowest BCUT2D eigenvalue weighted by Gasteiger charge is -2.16. The number of hydrogen-bond acceptors (Lipinski definition) is 3. The quantitative estimate of drug-likeness (QED) is 0.915. The Balaban J connectivity index is 2.02. The molecule has 2 rings (SSSR count). The van der Waals surface area contributed by atoms with Crippen LogP contribution in [0.15, 0.2) is 48.5 Å². The first-order chi connectivity index (χ1) is 10.8. The molecule has 1 amide bonds. The van der Waals surface area contributed by atoms with Crippen molar-refractivity contribution in [2.45, 2.75) is 13.3 Å². The van der Waals surface area contributed by atoms with Crippen LogP contribution in [0.2, 0.25) is 0 Å². The summed E-state index contributed by atoms with van der Waals surface area (Å²) in [6.07, 6.45) is 1.44. The number of aryl methyl sites for hydroxylation is 1. The second-order valence-corrected chi connectivity index (χ2v) is 7.51. The predicted molar refractivity (Wildman–Crippen MR) is 93.2 cm³/mol. The van der Waals surface area contributed by atoms with Gasteiger partial charge >= 0.3 is 0 Å². The summed E-state index contributed by atoms with van der Waals surface area (Å²) < 4.78 is 24.1. The molecule has 0 aliphatic carbocycles. The average Bonchev–Trinajstić information content (AvgIpc) is 2.46. The topological polar surface area (TPSA) is 66.5 Å². The Kier molecular flexibility index (Phi) is 5.05. The Labute approximate surface area is 137 Å². The van der Waals surface area contributed by atoms with Crippen LogP contribution in [0.25, 0.3) is 0 Å². The van der Waals surface area contributed by atoms with E-state index in [0.29, 0.717) is 17.8 Å². The molecule has 0 spiro atoms. The van der Waals surface area contributed by atoms with Gasteiger partial charge in [-0.2, -0.15) is 0 Å². The minimum Gasteiger partial charge on any atom is -0.326 e. The molecule has 0 aromatic heterocycles. The number of nitrogens with zero attached hydrogens (tertiary/aromatic N) is 1. The van der Waals surface area contributed by atoms with Crippen molar-refractivity contribution < 1.29 is 13.2 Å².